The Morgan fingerprint density at radius 1 is 1.26 bits per heavy atom. The Kier molecular flexibility index (Phi) is 6.77. The van der Waals surface area contributed by atoms with E-state index >= 15 is 0 Å². The molecule has 4 nitrogen and oxygen atoms in total. The predicted octanol–water partition coefficient (Wildman–Crippen LogP) is 4.58. The molecular formula is C16H15Cl2N3OS. The van der Waals surface area contributed by atoms with Crippen LogP contribution in [0.25, 0.3) is 0 Å². The summed E-state index contributed by atoms with van der Waals surface area (Å²) < 4.78 is 5.23. The first kappa shape index (κ1) is 17.7. The summed E-state index contributed by atoms with van der Waals surface area (Å²) in [5, 5.41) is 9.20. The molecule has 0 aliphatic rings. The fourth-order valence-electron chi connectivity index (χ4n) is 1.80. The van der Waals surface area contributed by atoms with Crippen LogP contribution >= 0.6 is 35.0 Å². The highest BCUT2D eigenvalue weighted by molar-refractivity contribution is 8.13. The fourth-order valence-corrected chi connectivity index (χ4v) is 3.00. The average molecular weight is 368 g/mol. The molecule has 0 aliphatic heterocycles. The number of benzene rings is 2. The van der Waals surface area contributed by atoms with Gasteiger partial charge in [-0.1, -0.05) is 65.3 Å². The van der Waals surface area contributed by atoms with E-state index in [1.165, 1.54) is 30.6 Å². The lowest BCUT2D eigenvalue weighted by atomic mass is 10.2. The van der Waals surface area contributed by atoms with Crippen molar-refractivity contribution in [3.8, 4) is 5.75 Å². The molecule has 0 aliphatic carbocycles. The van der Waals surface area contributed by atoms with E-state index in [4.69, 9.17) is 33.7 Å². The maximum atomic E-state index is 6.06. The largest absolute Gasteiger partial charge is 0.495 e. The van der Waals surface area contributed by atoms with Gasteiger partial charge in [0.2, 0.25) is 0 Å². The van der Waals surface area contributed by atoms with Gasteiger partial charge in [0.05, 0.1) is 18.3 Å². The SMILES string of the molecule is COc1c(Cl)cc(Cl)cc1C=NN=C(N)SCc1ccccc1. The van der Waals surface area contributed by atoms with E-state index in [2.05, 4.69) is 10.2 Å². The van der Waals surface area contributed by atoms with E-state index in [0.29, 0.717) is 26.5 Å². The van der Waals surface area contributed by atoms with Crippen molar-refractivity contribution in [1.82, 2.24) is 0 Å². The predicted molar refractivity (Wildman–Crippen MR) is 100.0 cm³/mol. The molecule has 23 heavy (non-hydrogen) atoms. The molecule has 2 aromatic rings. The van der Waals surface area contributed by atoms with Crippen molar-refractivity contribution in [2.45, 2.75) is 5.75 Å². The maximum Gasteiger partial charge on any atom is 0.180 e. The zero-order chi connectivity index (χ0) is 16.7. The highest BCUT2D eigenvalue weighted by atomic mass is 35.5. The third-order valence-electron chi connectivity index (χ3n) is 2.82. The minimum Gasteiger partial charge on any atom is -0.495 e. The smallest absolute Gasteiger partial charge is 0.180 e. The van der Waals surface area contributed by atoms with Crippen molar-refractivity contribution < 1.29 is 4.74 Å². The molecule has 0 fully saturated rings. The molecule has 7 heteroatoms. The van der Waals surface area contributed by atoms with Gasteiger partial charge in [-0.25, -0.2) is 0 Å². The van der Waals surface area contributed by atoms with Gasteiger partial charge in [0.1, 0.15) is 5.75 Å². The quantitative estimate of drug-likeness (QED) is 0.477. The monoisotopic (exact) mass is 367 g/mol. The number of ether oxygens (including phenoxy) is 1. The van der Waals surface area contributed by atoms with Crippen LogP contribution in [-0.2, 0) is 5.75 Å². The third kappa shape index (κ3) is 5.46. The number of methoxy groups -OCH3 is 1. The second-order valence-electron chi connectivity index (χ2n) is 4.47. The van der Waals surface area contributed by atoms with Gasteiger partial charge in [-0.2, -0.15) is 5.10 Å². The highest BCUT2D eigenvalue weighted by Crippen LogP contribution is 2.31. The Morgan fingerprint density at radius 3 is 2.70 bits per heavy atom. The summed E-state index contributed by atoms with van der Waals surface area (Å²) in [5.41, 5.74) is 7.64. The maximum absolute atomic E-state index is 6.06. The van der Waals surface area contributed by atoms with Gasteiger partial charge in [0, 0.05) is 16.3 Å². The normalized spacial score (nSPS) is 11.9. The van der Waals surface area contributed by atoms with Gasteiger partial charge in [-0.05, 0) is 17.7 Å². The number of rotatable bonds is 5. The molecule has 2 N–H and O–H groups in total. The summed E-state index contributed by atoms with van der Waals surface area (Å²) >= 11 is 13.4. The Morgan fingerprint density at radius 2 is 2.00 bits per heavy atom. The molecule has 0 heterocycles. The van der Waals surface area contributed by atoms with E-state index in [1.807, 2.05) is 30.3 Å². The standard InChI is InChI=1S/C16H15Cl2N3OS/c1-22-15-12(7-13(17)8-14(15)18)9-20-21-16(19)23-10-11-5-3-2-4-6-11/h2-9H,10H2,1H3,(H2,19,21). The Bertz CT molecular complexity index is 721. The molecule has 0 radical (unpaired) electrons. The van der Waals surface area contributed by atoms with E-state index in [9.17, 15) is 0 Å². The first-order valence-electron chi connectivity index (χ1n) is 6.66. The number of hydrogen-bond acceptors (Lipinski definition) is 4. The molecule has 2 rings (SSSR count). The third-order valence-corrected chi connectivity index (χ3v) is 4.18. The van der Waals surface area contributed by atoms with Crippen LogP contribution in [0.1, 0.15) is 11.1 Å². The summed E-state index contributed by atoms with van der Waals surface area (Å²) in [5.74, 6) is 1.23. The molecule has 0 saturated heterocycles. The van der Waals surface area contributed by atoms with Crippen molar-refractivity contribution >= 4 is 46.3 Å². The fraction of sp³-hybridized carbons (Fsp3) is 0.125. The van der Waals surface area contributed by atoms with Crippen LogP contribution in [0.4, 0.5) is 0 Å². The van der Waals surface area contributed by atoms with E-state index in [0.717, 1.165) is 5.75 Å². The van der Waals surface area contributed by atoms with Gasteiger partial charge < -0.3 is 10.5 Å². The summed E-state index contributed by atoms with van der Waals surface area (Å²) in [6, 6.07) is 13.3. The Hall–Kier alpha value is -1.69. The molecule has 0 saturated carbocycles. The number of hydrogen-bond donors (Lipinski definition) is 1. The first-order valence-corrected chi connectivity index (χ1v) is 8.40. The second-order valence-corrected chi connectivity index (χ2v) is 6.31. The number of nitrogens with two attached hydrogens (primary N) is 1. The van der Waals surface area contributed by atoms with E-state index in [-0.39, 0.29) is 0 Å². The highest BCUT2D eigenvalue weighted by Gasteiger charge is 2.07. The van der Waals surface area contributed by atoms with Crippen LogP contribution in [0.3, 0.4) is 0 Å². The average Bonchev–Trinajstić information content (AvgIpc) is 2.53. The van der Waals surface area contributed by atoms with Crippen LogP contribution in [0.2, 0.25) is 10.0 Å². The lowest BCUT2D eigenvalue weighted by Crippen LogP contribution is -2.06. The Labute approximate surface area is 149 Å². The summed E-state index contributed by atoms with van der Waals surface area (Å²) in [6.45, 7) is 0. The lowest BCUT2D eigenvalue weighted by Gasteiger charge is -2.06. The van der Waals surface area contributed by atoms with Gasteiger partial charge in [-0.15, -0.1) is 5.10 Å². The molecule has 0 aromatic heterocycles. The van der Waals surface area contributed by atoms with E-state index in [1.54, 1.807) is 12.1 Å². The van der Waals surface area contributed by atoms with E-state index < -0.39 is 0 Å². The van der Waals surface area contributed by atoms with Gasteiger partial charge in [-0.3, -0.25) is 0 Å². The molecule has 120 valence electrons. The topological polar surface area (TPSA) is 60.0 Å². The first-order chi connectivity index (χ1) is 11.1. The van der Waals surface area contributed by atoms with Crippen molar-refractivity contribution in [1.29, 1.82) is 0 Å². The number of halogens is 2. The molecular weight excluding hydrogens is 353 g/mol. The van der Waals surface area contributed by atoms with Crippen LogP contribution in [0.15, 0.2) is 52.7 Å². The van der Waals surface area contributed by atoms with Crippen molar-refractivity contribution in [2.24, 2.45) is 15.9 Å². The molecule has 0 spiro atoms. The molecule has 0 unspecified atom stereocenters. The summed E-state index contributed by atoms with van der Waals surface area (Å²) in [7, 11) is 1.53. The summed E-state index contributed by atoms with van der Waals surface area (Å²) in [4.78, 5) is 0. The molecule has 0 atom stereocenters. The molecule has 0 amide bonds. The van der Waals surface area contributed by atoms with Gasteiger partial charge in [0.15, 0.2) is 5.17 Å². The van der Waals surface area contributed by atoms with Crippen LogP contribution in [-0.4, -0.2) is 18.5 Å². The zero-order valence-corrected chi connectivity index (χ0v) is 14.7. The van der Waals surface area contributed by atoms with Crippen LogP contribution in [0.5, 0.6) is 5.75 Å². The number of amidine groups is 1. The second kappa shape index (κ2) is 8.82. The van der Waals surface area contributed by atoms with Crippen LogP contribution < -0.4 is 10.5 Å². The molecule has 2 aromatic carbocycles. The minimum atomic E-state index is 0.372. The summed E-state index contributed by atoms with van der Waals surface area (Å²) in [6.07, 6.45) is 1.51. The van der Waals surface area contributed by atoms with Crippen molar-refractivity contribution in [3.05, 3.63) is 63.6 Å². The lowest BCUT2D eigenvalue weighted by molar-refractivity contribution is 0.414. The number of thioether (sulfide) groups is 1. The van der Waals surface area contributed by atoms with Gasteiger partial charge in [0.25, 0.3) is 0 Å². The zero-order valence-electron chi connectivity index (χ0n) is 12.4. The van der Waals surface area contributed by atoms with Crippen molar-refractivity contribution in [2.75, 3.05) is 7.11 Å². The minimum absolute atomic E-state index is 0.372. The Balaban J connectivity index is 2.02. The van der Waals surface area contributed by atoms with Crippen molar-refractivity contribution in [3.63, 3.8) is 0 Å². The van der Waals surface area contributed by atoms with Gasteiger partial charge >= 0.3 is 0 Å². The number of nitrogens with zero attached hydrogens (tertiary/aromatic N) is 2. The van der Waals surface area contributed by atoms with Crippen LogP contribution in [0, 0.1) is 0 Å². The molecule has 0 bridgehead atoms.